The molecule has 2 fully saturated rings. The second kappa shape index (κ2) is 9.63. The maximum Gasteiger partial charge on any atom is 0.410 e. The Morgan fingerprint density at radius 1 is 0.872 bits per heavy atom. The highest BCUT2D eigenvalue weighted by atomic mass is 16.6. The molecule has 1 N–H and O–H groups in total. The maximum atomic E-state index is 13.1. The second-order valence-corrected chi connectivity index (χ2v) is 11.7. The Kier molecular flexibility index (Phi) is 6.25. The average molecular weight is 526 g/mol. The molecule has 3 aliphatic heterocycles. The van der Waals surface area contributed by atoms with Crippen LogP contribution in [-0.4, -0.2) is 40.6 Å². The zero-order valence-electron chi connectivity index (χ0n) is 22.9. The van der Waals surface area contributed by atoms with Gasteiger partial charge < -0.3 is 24.6 Å². The molecule has 3 aromatic rings. The van der Waals surface area contributed by atoms with Crippen LogP contribution < -0.4 is 15.0 Å². The molecule has 0 aromatic heterocycles. The minimum Gasteiger partial charge on any atom is -0.453 e. The zero-order valence-corrected chi connectivity index (χ0v) is 22.9. The Bertz CT molecular complexity index is 1410. The summed E-state index contributed by atoms with van der Waals surface area (Å²) in [5.41, 5.74) is 4.23. The highest BCUT2D eigenvalue weighted by molar-refractivity contribution is 5.94. The summed E-state index contributed by atoms with van der Waals surface area (Å²) in [6.07, 6.45) is 3.54. The van der Waals surface area contributed by atoms with E-state index in [9.17, 15) is 9.59 Å². The molecule has 2 amide bonds. The van der Waals surface area contributed by atoms with Gasteiger partial charge in [-0.15, -0.1) is 0 Å². The lowest BCUT2D eigenvalue weighted by molar-refractivity contribution is -0.114. The predicted molar refractivity (Wildman–Crippen MR) is 153 cm³/mol. The standard InChI is InChI=1S/C32H35N3O4/c1-20(36)33-26-10-6-5-9-25(26)21-13-16-28-30(17-21)38-29-12-8-7-11-27(29)35(28)24-18-22-14-15-23(19-24)34(22)31(37)39-32(2,3)4/h5-13,16-17,22-24H,14-15,18-19H2,1-4H3,(H,33,36). The van der Waals surface area contributed by atoms with Crippen LogP contribution in [0.25, 0.3) is 11.1 Å². The number of rotatable bonds is 3. The number of nitrogens with one attached hydrogen (secondary N) is 1. The molecule has 0 saturated carbocycles. The molecule has 202 valence electrons. The second-order valence-electron chi connectivity index (χ2n) is 11.7. The molecular formula is C32H35N3O4. The first kappa shape index (κ1) is 25.3. The highest BCUT2D eigenvalue weighted by Crippen LogP contribution is 2.52. The topological polar surface area (TPSA) is 71.1 Å². The van der Waals surface area contributed by atoms with Crippen molar-refractivity contribution in [3.63, 3.8) is 0 Å². The molecule has 2 bridgehead atoms. The van der Waals surface area contributed by atoms with Crippen molar-refractivity contribution in [1.29, 1.82) is 0 Å². The quantitative estimate of drug-likeness (QED) is 0.384. The molecule has 6 rings (SSSR count). The van der Waals surface area contributed by atoms with Crippen LogP contribution in [0.3, 0.4) is 0 Å². The largest absolute Gasteiger partial charge is 0.453 e. The van der Waals surface area contributed by atoms with Crippen molar-refractivity contribution in [3.05, 3.63) is 66.7 Å². The summed E-state index contributed by atoms with van der Waals surface area (Å²) in [5, 5.41) is 2.94. The molecule has 2 unspecified atom stereocenters. The van der Waals surface area contributed by atoms with E-state index >= 15 is 0 Å². The van der Waals surface area contributed by atoms with Gasteiger partial charge in [0, 0.05) is 36.3 Å². The van der Waals surface area contributed by atoms with Crippen molar-refractivity contribution in [2.75, 3.05) is 10.2 Å². The fourth-order valence-electron chi connectivity index (χ4n) is 6.35. The third-order valence-electron chi connectivity index (χ3n) is 7.79. The van der Waals surface area contributed by atoms with Crippen molar-refractivity contribution < 1.29 is 19.1 Å². The number of ether oxygens (including phenoxy) is 2. The zero-order chi connectivity index (χ0) is 27.3. The van der Waals surface area contributed by atoms with Gasteiger partial charge in [0.05, 0.1) is 11.4 Å². The summed E-state index contributed by atoms with van der Waals surface area (Å²) in [6, 6.07) is 22.8. The van der Waals surface area contributed by atoms with Gasteiger partial charge in [0.25, 0.3) is 0 Å². The van der Waals surface area contributed by atoms with Gasteiger partial charge in [0.15, 0.2) is 11.5 Å². The van der Waals surface area contributed by atoms with Crippen LogP contribution in [0, 0.1) is 0 Å². The number of anilines is 3. The van der Waals surface area contributed by atoms with Gasteiger partial charge in [-0.2, -0.15) is 0 Å². The van der Waals surface area contributed by atoms with Crippen LogP contribution in [0.2, 0.25) is 0 Å². The molecule has 3 aromatic carbocycles. The first-order valence-corrected chi connectivity index (χ1v) is 13.8. The lowest BCUT2D eigenvalue weighted by Gasteiger charge is -2.45. The van der Waals surface area contributed by atoms with Crippen molar-refractivity contribution in [1.82, 2.24) is 4.90 Å². The third kappa shape index (κ3) is 4.82. The molecule has 7 heteroatoms. The smallest absolute Gasteiger partial charge is 0.410 e. The predicted octanol–water partition coefficient (Wildman–Crippen LogP) is 7.49. The number of amides is 2. The van der Waals surface area contributed by atoms with Crippen molar-refractivity contribution in [2.45, 2.75) is 77.1 Å². The number of carbonyl (C=O) groups is 2. The summed E-state index contributed by atoms with van der Waals surface area (Å²) < 4.78 is 12.2. The van der Waals surface area contributed by atoms with Crippen LogP contribution in [0.5, 0.6) is 11.5 Å². The molecule has 0 spiro atoms. The lowest BCUT2D eigenvalue weighted by atomic mass is 9.93. The van der Waals surface area contributed by atoms with E-state index in [0.717, 1.165) is 65.4 Å². The SMILES string of the molecule is CC(=O)Nc1ccccc1-c1ccc2c(c1)Oc1ccccc1N2C1CC2CCC(C1)N2C(=O)OC(C)(C)C. The van der Waals surface area contributed by atoms with Gasteiger partial charge in [0.1, 0.15) is 5.60 Å². The molecule has 39 heavy (non-hydrogen) atoms. The van der Waals surface area contributed by atoms with Gasteiger partial charge in [-0.05, 0) is 82.3 Å². The van der Waals surface area contributed by atoms with Crippen molar-refractivity contribution in [2.24, 2.45) is 0 Å². The van der Waals surface area contributed by atoms with Crippen LogP contribution in [0.1, 0.15) is 53.4 Å². The highest BCUT2D eigenvalue weighted by Gasteiger charge is 2.47. The monoisotopic (exact) mass is 525 g/mol. The summed E-state index contributed by atoms with van der Waals surface area (Å²) in [6.45, 7) is 7.28. The average Bonchev–Trinajstić information content (AvgIpc) is 3.16. The summed E-state index contributed by atoms with van der Waals surface area (Å²) in [4.78, 5) is 29.3. The van der Waals surface area contributed by atoms with Gasteiger partial charge >= 0.3 is 6.09 Å². The van der Waals surface area contributed by atoms with Crippen molar-refractivity contribution >= 4 is 29.1 Å². The van der Waals surface area contributed by atoms with E-state index in [-0.39, 0.29) is 30.1 Å². The summed E-state index contributed by atoms with van der Waals surface area (Å²) in [7, 11) is 0. The first-order valence-electron chi connectivity index (χ1n) is 13.8. The van der Waals surface area contributed by atoms with Gasteiger partial charge in [-0.25, -0.2) is 4.79 Å². The summed E-state index contributed by atoms with van der Waals surface area (Å²) in [5.74, 6) is 1.49. The Balaban J connectivity index is 1.34. The molecule has 3 aliphatic rings. The van der Waals surface area contributed by atoms with E-state index in [0.29, 0.717) is 0 Å². The molecule has 2 atom stereocenters. The fraction of sp³-hybridized carbons (Fsp3) is 0.375. The number of fused-ring (bicyclic) bond motifs is 4. The van der Waals surface area contributed by atoms with E-state index in [2.05, 4.69) is 34.5 Å². The minimum absolute atomic E-state index is 0.107. The van der Waals surface area contributed by atoms with E-state index in [1.165, 1.54) is 6.92 Å². The molecule has 2 saturated heterocycles. The van der Waals surface area contributed by atoms with Gasteiger partial charge in [-0.1, -0.05) is 36.4 Å². The normalized spacial score (nSPS) is 21.5. The number of carbonyl (C=O) groups excluding carboxylic acids is 2. The maximum absolute atomic E-state index is 13.1. The number of hydrogen-bond donors (Lipinski definition) is 1. The Morgan fingerprint density at radius 2 is 1.54 bits per heavy atom. The van der Waals surface area contributed by atoms with Crippen LogP contribution in [0.4, 0.5) is 21.9 Å². The lowest BCUT2D eigenvalue weighted by Crippen LogP contribution is -2.53. The van der Waals surface area contributed by atoms with E-state index in [1.807, 2.05) is 68.1 Å². The number of hydrogen-bond acceptors (Lipinski definition) is 5. The molecule has 0 radical (unpaired) electrons. The van der Waals surface area contributed by atoms with Crippen LogP contribution in [0.15, 0.2) is 66.7 Å². The van der Waals surface area contributed by atoms with Crippen LogP contribution >= 0.6 is 0 Å². The molecule has 7 nitrogen and oxygen atoms in total. The van der Waals surface area contributed by atoms with E-state index < -0.39 is 5.60 Å². The number of nitrogens with zero attached hydrogens (tertiary/aromatic N) is 2. The van der Waals surface area contributed by atoms with E-state index in [1.54, 1.807) is 0 Å². The van der Waals surface area contributed by atoms with Gasteiger partial charge in [0.2, 0.25) is 5.91 Å². The Labute approximate surface area is 229 Å². The molecule has 3 heterocycles. The first-order chi connectivity index (χ1) is 18.7. The number of para-hydroxylation sites is 3. The third-order valence-corrected chi connectivity index (χ3v) is 7.79. The van der Waals surface area contributed by atoms with Crippen molar-refractivity contribution in [3.8, 4) is 22.6 Å². The number of benzene rings is 3. The number of piperidine rings is 1. The molecular weight excluding hydrogens is 490 g/mol. The summed E-state index contributed by atoms with van der Waals surface area (Å²) >= 11 is 0. The minimum atomic E-state index is -0.508. The Morgan fingerprint density at radius 3 is 2.26 bits per heavy atom. The molecule has 0 aliphatic carbocycles. The van der Waals surface area contributed by atoms with E-state index in [4.69, 9.17) is 9.47 Å². The van der Waals surface area contributed by atoms with Gasteiger partial charge in [-0.3, -0.25) is 4.79 Å². The fourth-order valence-corrected chi connectivity index (χ4v) is 6.35. The Hall–Kier alpha value is -4.00. The van der Waals surface area contributed by atoms with Crippen LogP contribution in [-0.2, 0) is 9.53 Å².